The lowest BCUT2D eigenvalue weighted by molar-refractivity contribution is 0.604. The lowest BCUT2D eigenvalue weighted by Gasteiger charge is -2.03. The number of aryl methyl sites for hydroxylation is 1. The molecule has 0 spiro atoms. The maximum Gasteiger partial charge on any atom is 0.203 e. The highest BCUT2D eigenvalue weighted by Crippen LogP contribution is 2.32. The molecule has 142 valence electrons. The number of fused-ring (bicyclic) bond motifs is 1. The molecule has 0 aliphatic rings. The first-order valence-corrected chi connectivity index (χ1v) is 9.34. The molecule has 3 aromatic heterocycles. The summed E-state index contributed by atoms with van der Waals surface area (Å²) in [5.41, 5.74) is 3.00. The Morgan fingerprint density at radius 2 is 1.90 bits per heavy atom. The number of hydrogen-bond donors (Lipinski definition) is 1. The molecule has 0 saturated heterocycles. The van der Waals surface area contributed by atoms with E-state index in [1.807, 2.05) is 42.1 Å². The van der Waals surface area contributed by atoms with Gasteiger partial charge in [0.15, 0.2) is 5.82 Å². The summed E-state index contributed by atoms with van der Waals surface area (Å²) in [5, 5.41) is 1.14. The van der Waals surface area contributed by atoms with E-state index in [0.717, 1.165) is 5.56 Å². The molecule has 5 rings (SSSR count). The largest absolute Gasteiger partial charge is 0.463 e. The van der Waals surface area contributed by atoms with Crippen molar-refractivity contribution in [1.82, 2.24) is 19.5 Å². The van der Waals surface area contributed by atoms with Crippen LogP contribution in [0.1, 0.15) is 0 Å². The lowest BCUT2D eigenvalue weighted by Crippen LogP contribution is -2.05. The van der Waals surface area contributed by atoms with Gasteiger partial charge in [0.2, 0.25) is 5.43 Å². The molecule has 1 N–H and O–H groups in total. The van der Waals surface area contributed by atoms with Gasteiger partial charge in [0.05, 0.1) is 5.39 Å². The second kappa shape index (κ2) is 6.76. The molecule has 7 heteroatoms. The number of imidazole rings is 2. The van der Waals surface area contributed by atoms with E-state index in [0.29, 0.717) is 44.6 Å². The Labute approximate surface area is 170 Å². The number of nitrogens with zero attached hydrogens (tertiary/aromatic N) is 3. The van der Waals surface area contributed by atoms with Crippen LogP contribution in [-0.4, -0.2) is 19.5 Å². The van der Waals surface area contributed by atoms with Gasteiger partial charge in [-0.05, 0) is 24.3 Å². The molecule has 0 fully saturated rings. The molecule has 3 heterocycles. The average molecular weight is 403 g/mol. The van der Waals surface area contributed by atoms with E-state index in [-0.39, 0.29) is 5.43 Å². The number of para-hydroxylation sites is 1. The van der Waals surface area contributed by atoms with Gasteiger partial charge in [-0.3, -0.25) is 4.79 Å². The van der Waals surface area contributed by atoms with Gasteiger partial charge in [0.25, 0.3) is 0 Å². The quantitative estimate of drug-likeness (QED) is 0.465. The number of rotatable bonds is 3. The second-order valence-corrected chi connectivity index (χ2v) is 7.09. The molecule has 0 bridgehead atoms. The van der Waals surface area contributed by atoms with Crippen molar-refractivity contribution in [2.75, 3.05) is 0 Å². The van der Waals surface area contributed by atoms with Crippen molar-refractivity contribution >= 4 is 22.6 Å². The second-order valence-electron chi connectivity index (χ2n) is 6.65. The normalized spacial score (nSPS) is 11.2. The van der Waals surface area contributed by atoms with E-state index < -0.39 is 0 Å². The van der Waals surface area contributed by atoms with Gasteiger partial charge in [0.1, 0.15) is 34.6 Å². The molecule has 0 unspecified atom stereocenters. The molecule has 0 radical (unpaired) electrons. The fourth-order valence-corrected chi connectivity index (χ4v) is 3.45. The van der Waals surface area contributed by atoms with E-state index >= 15 is 0 Å². The number of aromatic amines is 1. The van der Waals surface area contributed by atoms with E-state index in [4.69, 9.17) is 21.0 Å². The summed E-state index contributed by atoms with van der Waals surface area (Å²) in [7, 11) is 1.90. The third kappa shape index (κ3) is 2.94. The van der Waals surface area contributed by atoms with Crippen molar-refractivity contribution < 1.29 is 4.42 Å². The van der Waals surface area contributed by atoms with Crippen molar-refractivity contribution in [3.8, 4) is 34.2 Å². The third-order valence-corrected chi connectivity index (χ3v) is 5.05. The number of aromatic nitrogens is 4. The number of halogens is 1. The van der Waals surface area contributed by atoms with Crippen LogP contribution in [0.15, 0.2) is 76.4 Å². The van der Waals surface area contributed by atoms with Gasteiger partial charge in [-0.1, -0.05) is 35.9 Å². The predicted octanol–water partition coefficient (Wildman–Crippen LogP) is 4.90. The lowest BCUT2D eigenvalue weighted by atomic mass is 10.1. The summed E-state index contributed by atoms with van der Waals surface area (Å²) in [6.07, 6.45) is 5.01. The van der Waals surface area contributed by atoms with Crippen molar-refractivity contribution in [3.05, 3.63) is 82.4 Å². The van der Waals surface area contributed by atoms with Crippen LogP contribution >= 0.6 is 11.6 Å². The highest BCUT2D eigenvalue weighted by molar-refractivity contribution is 6.30. The molecule has 6 nitrogen and oxygen atoms in total. The van der Waals surface area contributed by atoms with Gasteiger partial charge < -0.3 is 14.0 Å². The Kier molecular flexibility index (Phi) is 4.07. The Bertz CT molecular complexity index is 1400. The number of hydrogen-bond acceptors (Lipinski definition) is 4. The van der Waals surface area contributed by atoms with Gasteiger partial charge >= 0.3 is 0 Å². The molecule has 0 amide bonds. The minimum Gasteiger partial charge on any atom is -0.463 e. The minimum atomic E-state index is -0.144. The highest BCUT2D eigenvalue weighted by atomic mass is 35.5. The van der Waals surface area contributed by atoms with Crippen molar-refractivity contribution in [2.24, 2.45) is 7.05 Å². The van der Waals surface area contributed by atoms with Gasteiger partial charge in [-0.25, -0.2) is 9.97 Å². The maximum atomic E-state index is 13.0. The Morgan fingerprint density at radius 1 is 1.10 bits per heavy atom. The summed E-state index contributed by atoms with van der Waals surface area (Å²) in [5.74, 6) is 1.13. The molecule has 0 atom stereocenters. The topological polar surface area (TPSA) is 76.7 Å². The Hall–Kier alpha value is -3.64. The zero-order valence-electron chi connectivity index (χ0n) is 15.4. The maximum absolute atomic E-state index is 13.0. The molecule has 29 heavy (non-hydrogen) atoms. The molecule has 2 aromatic carbocycles. The van der Waals surface area contributed by atoms with Gasteiger partial charge in [-0.15, -0.1) is 0 Å². The third-order valence-electron chi connectivity index (χ3n) is 4.80. The monoisotopic (exact) mass is 402 g/mol. The first-order chi connectivity index (χ1) is 14.1. The van der Waals surface area contributed by atoms with Crippen LogP contribution in [0.5, 0.6) is 0 Å². The summed E-state index contributed by atoms with van der Waals surface area (Å²) < 4.78 is 7.55. The molecular weight excluding hydrogens is 388 g/mol. The van der Waals surface area contributed by atoms with Gasteiger partial charge in [-0.2, -0.15) is 0 Å². The Balaban J connectivity index is 1.75. The number of nitrogens with one attached hydrogen (secondary N) is 1. The van der Waals surface area contributed by atoms with E-state index in [1.54, 1.807) is 30.5 Å². The van der Waals surface area contributed by atoms with Crippen molar-refractivity contribution in [1.29, 1.82) is 0 Å². The molecule has 0 saturated carbocycles. The average Bonchev–Trinajstić information content (AvgIpc) is 3.35. The van der Waals surface area contributed by atoms with Crippen LogP contribution in [0.2, 0.25) is 5.02 Å². The summed E-state index contributed by atoms with van der Waals surface area (Å²) in [6.45, 7) is 0. The molecular formula is C22H15ClN4O2. The predicted molar refractivity (Wildman–Crippen MR) is 113 cm³/mol. The fourth-order valence-electron chi connectivity index (χ4n) is 3.33. The summed E-state index contributed by atoms with van der Waals surface area (Å²) in [6, 6.07) is 14.5. The minimum absolute atomic E-state index is 0.144. The fraction of sp³-hybridized carbons (Fsp3) is 0.0455. The van der Waals surface area contributed by atoms with Crippen LogP contribution in [0.25, 0.3) is 45.1 Å². The summed E-state index contributed by atoms with van der Waals surface area (Å²) in [4.78, 5) is 25.5. The van der Waals surface area contributed by atoms with E-state index in [2.05, 4.69) is 9.97 Å². The number of benzene rings is 2. The van der Waals surface area contributed by atoms with E-state index in [9.17, 15) is 4.79 Å². The van der Waals surface area contributed by atoms with Gasteiger partial charge in [0, 0.05) is 30.0 Å². The van der Waals surface area contributed by atoms with Crippen LogP contribution in [0.3, 0.4) is 0 Å². The van der Waals surface area contributed by atoms with Crippen LogP contribution in [0, 0.1) is 0 Å². The SMILES string of the molecule is Cn1ccnc1-c1[nH]c(-c2coc3ccccc3c2=O)nc1-c1ccc(Cl)cc1. The van der Waals surface area contributed by atoms with Crippen molar-refractivity contribution in [3.63, 3.8) is 0 Å². The van der Waals surface area contributed by atoms with Crippen molar-refractivity contribution in [2.45, 2.75) is 0 Å². The first kappa shape index (κ1) is 17.5. The molecule has 0 aliphatic carbocycles. The smallest absolute Gasteiger partial charge is 0.203 e. The standard InChI is InChI=1S/C22H15ClN4O2/c1-27-11-10-24-22(27)19-18(13-6-8-14(23)9-7-13)25-21(26-19)16-12-29-17-5-3-2-4-15(17)20(16)28/h2-12H,1H3,(H,25,26). The number of H-pyrrole nitrogens is 1. The highest BCUT2D eigenvalue weighted by Gasteiger charge is 2.20. The van der Waals surface area contributed by atoms with E-state index in [1.165, 1.54) is 6.26 Å². The van der Waals surface area contributed by atoms with Crippen LogP contribution in [-0.2, 0) is 7.05 Å². The Morgan fingerprint density at radius 3 is 2.66 bits per heavy atom. The summed E-state index contributed by atoms with van der Waals surface area (Å²) >= 11 is 6.04. The first-order valence-electron chi connectivity index (χ1n) is 8.96. The molecule has 5 aromatic rings. The van der Waals surface area contributed by atoms with Crippen LogP contribution < -0.4 is 5.43 Å². The molecule has 0 aliphatic heterocycles. The zero-order valence-corrected chi connectivity index (χ0v) is 16.1. The van der Waals surface area contributed by atoms with Crippen LogP contribution in [0.4, 0.5) is 0 Å². The zero-order chi connectivity index (χ0) is 20.0.